The van der Waals surface area contributed by atoms with Gasteiger partial charge in [-0.1, -0.05) is 18.2 Å². The van der Waals surface area contributed by atoms with Gasteiger partial charge in [0.25, 0.3) is 0 Å². The number of ketones is 1. The van der Waals surface area contributed by atoms with E-state index in [-0.39, 0.29) is 18.1 Å². The van der Waals surface area contributed by atoms with Gasteiger partial charge in [-0.3, -0.25) is 9.78 Å². The van der Waals surface area contributed by atoms with E-state index < -0.39 is 0 Å². The molecule has 132 valence electrons. The first-order valence-electron chi connectivity index (χ1n) is 8.23. The Balaban J connectivity index is 1.76. The van der Waals surface area contributed by atoms with Gasteiger partial charge in [0.2, 0.25) is 0 Å². The van der Waals surface area contributed by atoms with E-state index in [9.17, 15) is 9.18 Å². The number of carbonyl (C=O) groups is 1. The number of nitrogens with zero attached hydrogens (tertiary/aromatic N) is 1. The lowest BCUT2D eigenvalue weighted by atomic mass is 9.99. The lowest BCUT2D eigenvalue weighted by Gasteiger charge is -2.11. The molecule has 0 spiro atoms. The number of rotatable bonds is 6. The standard InChI is InChI=1S/C21H18FIN2O/c1-14-3-2-4-18(9-14)25-13-21(26)19-7-8-24-12-16(19)10-15-5-6-17(23)11-20(15)22/h2-9,11-12,25H,10,13H2,1H3. The molecular formula is C21H18FIN2O. The van der Waals surface area contributed by atoms with Gasteiger partial charge in [-0.2, -0.15) is 0 Å². The van der Waals surface area contributed by atoms with Crippen LogP contribution in [0.5, 0.6) is 0 Å². The molecule has 0 bridgehead atoms. The van der Waals surface area contributed by atoms with Crippen molar-refractivity contribution in [3.8, 4) is 0 Å². The topological polar surface area (TPSA) is 42.0 Å². The Labute approximate surface area is 165 Å². The van der Waals surface area contributed by atoms with Crippen molar-refractivity contribution in [3.63, 3.8) is 0 Å². The summed E-state index contributed by atoms with van der Waals surface area (Å²) >= 11 is 2.07. The van der Waals surface area contributed by atoms with Gasteiger partial charge in [-0.25, -0.2) is 4.39 Å². The first-order valence-corrected chi connectivity index (χ1v) is 9.31. The molecule has 1 heterocycles. The van der Waals surface area contributed by atoms with Crippen LogP contribution in [0.3, 0.4) is 0 Å². The molecule has 1 aromatic heterocycles. The van der Waals surface area contributed by atoms with E-state index >= 15 is 0 Å². The number of nitrogens with one attached hydrogen (secondary N) is 1. The minimum absolute atomic E-state index is 0.0465. The van der Waals surface area contributed by atoms with Crippen LogP contribution in [0.25, 0.3) is 0 Å². The Morgan fingerprint density at radius 2 is 2.00 bits per heavy atom. The Morgan fingerprint density at radius 3 is 2.77 bits per heavy atom. The molecule has 3 rings (SSSR count). The van der Waals surface area contributed by atoms with Crippen molar-refractivity contribution in [2.24, 2.45) is 0 Å². The van der Waals surface area contributed by atoms with Gasteiger partial charge in [0.05, 0.1) is 6.54 Å². The molecule has 0 saturated carbocycles. The van der Waals surface area contributed by atoms with Gasteiger partial charge in [0, 0.05) is 33.6 Å². The van der Waals surface area contributed by atoms with E-state index in [2.05, 4.69) is 32.9 Å². The third-order valence-corrected chi connectivity index (χ3v) is 4.74. The van der Waals surface area contributed by atoms with Crippen LogP contribution in [0, 0.1) is 16.3 Å². The second-order valence-corrected chi connectivity index (χ2v) is 7.34. The molecular weight excluding hydrogens is 442 g/mol. The maximum atomic E-state index is 14.2. The molecule has 0 amide bonds. The molecule has 0 unspecified atom stereocenters. The molecule has 0 aliphatic heterocycles. The molecule has 26 heavy (non-hydrogen) atoms. The predicted octanol–water partition coefficient (Wildman–Crippen LogP) is 5.02. The second-order valence-electron chi connectivity index (χ2n) is 6.09. The van der Waals surface area contributed by atoms with E-state index in [4.69, 9.17) is 0 Å². The zero-order valence-corrected chi connectivity index (χ0v) is 16.5. The molecule has 0 fully saturated rings. The number of pyridine rings is 1. The van der Waals surface area contributed by atoms with Crippen molar-refractivity contribution in [1.29, 1.82) is 0 Å². The summed E-state index contributed by atoms with van der Waals surface area (Å²) in [6.07, 6.45) is 3.56. The smallest absolute Gasteiger partial charge is 0.182 e. The van der Waals surface area contributed by atoms with Gasteiger partial charge < -0.3 is 5.32 Å². The maximum Gasteiger partial charge on any atom is 0.182 e. The number of aromatic nitrogens is 1. The first kappa shape index (κ1) is 18.5. The number of aryl methyl sites for hydroxylation is 1. The number of halogens is 2. The number of benzene rings is 2. The lowest BCUT2D eigenvalue weighted by Crippen LogP contribution is -2.16. The first-order chi connectivity index (χ1) is 12.5. The Hall–Kier alpha value is -2.28. The van der Waals surface area contributed by atoms with Crippen LogP contribution in [-0.2, 0) is 6.42 Å². The van der Waals surface area contributed by atoms with Crippen LogP contribution in [0.1, 0.15) is 27.0 Å². The number of Topliss-reactive ketones (excluding diaryl/α,β-unsaturated/α-hetero) is 1. The largest absolute Gasteiger partial charge is 0.378 e. The summed E-state index contributed by atoms with van der Waals surface area (Å²) < 4.78 is 15.0. The fourth-order valence-corrected chi connectivity index (χ4v) is 3.20. The van der Waals surface area contributed by atoms with E-state index in [0.29, 0.717) is 17.5 Å². The van der Waals surface area contributed by atoms with Crippen molar-refractivity contribution in [2.75, 3.05) is 11.9 Å². The van der Waals surface area contributed by atoms with Gasteiger partial charge in [0.1, 0.15) is 5.82 Å². The van der Waals surface area contributed by atoms with Crippen LogP contribution in [-0.4, -0.2) is 17.3 Å². The number of hydrogen-bond donors (Lipinski definition) is 1. The molecule has 0 saturated heterocycles. The molecule has 0 aliphatic carbocycles. The van der Waals surface area contributed by atoms with Crippen molar-refractivity contribution < 1.29 is 9.18 Å². The average molecular weight is 460 g/mol. The van der Waals surface area contributed by atoms with Crippen molar-refractivity contribution in [3.05, 3.63) is 92.6 Å². The average Bonchev–Trinajstić information content (AvgIpc) is 2.62. The quantitative estimate of drug-likeness (QED) is 0.415. The Kier molecular flexibility index (Phi) is 5.98. The van der Waals surface area contributed by atoms with Gasteiger partial charge in [0.15, 0.2) is 5.78 Å². The van der Waals surface area contributed by atoms with Gasteiger partial charge in [-0.15, -0.1) is 0 Å². The molecule has 2 aromatic carbocycles. The van der Waals surface area contributed by atoms with Crippen molar-refractivity contribution >= 4 is 34.1 Å². The van der Waals surface area contributed by atoms with Crippen LogP contribution in [0.15, 0.2) is 60.9 Å². The monoisotopic (exact) mass is 460 g/mol. The highest BCUT2D eigenvalue weighted by molar-refractivity contribution is 14.1. The van der Waals surface area contributed by atoms with Crippen molar-refractivity contribution in [2.45, 2.75) is 13.3 Å². The summed E-state index contributed by atoms with van der Waals surface area (Å²) in [5.41, 5.74) is 3.87. The summed E-state index contributed by atoms with van der Waals surface area (Å²) in [6.45, 7) is 2.18. The molecule has 1 N–H and O–H groups in total. The fourth-order valence-electron chi connectivity index (χ4n) is 2.74. The Bertz CT molecular complexity index is 943. The molecule has 0 atom stereocenters. The van der Waals surface area contributed by atoms with Crippen LogP contribution in [0.4, 0.5) is 10.1 Å². The predicted molar refractivity (Wildman–Crippen MR) is 110 cm³/mol. The second kappa shape index (κ2) is 8.40. The van der Waals surface area contributed by atoms with E-state index in [0.717, 1.165) is 20.4 Å². The minimum atomic E-state index is -0.267. The maximum absolute atomic E-state index is 14.2. The highest BCUT2D eigenvalue weighted by atomic mass is 127. The number of anilines is 1. The van der Waals surface area contributed by atoms with E-state index in [1.807, 2.05) is 37.3 Å². The summed E-state index contributed by atoms with van der Waals surface area (Å²) in [5, 5.41) is 3.15. The van der Waals surface area contributed by atoms with Gasteiger partial charge in [-0.05, 0) is 76.5 Å². The normalized spacial score (nSPS) is 10.6. The SMILES string of the molecule is Cc1cccc(NCC(=O)c2ccncc2Cc2ccc(I)cc2F)c1. The third-order valence-electron chi connectivity index (χ3n) is 4.07. The zero-order valence-electron chi connectivity index (χ0n) is 14.3. The van der Waals surface area contributed by atoms with Gasteiger partial charge >= 0.3 is 0 Å². The van der Waals surface area contributed by atoms with Crippen LogP contribution < -0.4 is 5.32 Å². The molecule has 0 radical (unpaired) electrons. The summed E-state index contributed by atoms with van der Waals surface area (Å²) in [7, 11) is 0. The molecule has 0 aliphatic rings. The highest BCUT2D eigenvalue weighted by Crippen LogP contribution is 2.19. The zero-order chi connectivity index (χ0) is 18.5. The molecule has 5 heteroatoms. The lowest BCUT2D eigenvalue weighted by molar-refractivity contribution is 0.100. The van der Waals surface area contributed by atoms with E-state index in [1.54, 1.807) is 24.5 Å². The fraction of sp³-hybridized carbons (Fsp3) is 0.143. The number of hydrogen-bond acceptors (Lipinski definition) is 3. The third kappa shape index (κ3) is 4.66. The summed E-state index contributed by atoms with van der Waals surface area (Å²) in [6, 6.07) is 14.7. The minimum Gasteiger partial charge on any atom is -0.378 e. The Morgan fingerprint density at radius 1 is 1.15 bits per heavy atom. The highest BCUT2D eigenvalue weighted by Gasteiger charge is 2.13. The summed E-state index contributed by atoms with van der Waals surface area (Å²) in [5.74, 6) is -0.313. The molecule has 3 aromatic rings. The van der Waals surface area contributed by atoms with Crippen LogP contribution >= 0.6 is 22.6 Å². The van der Waals surface area contributed by atoms with Crippen LogP contribution in [0.2, 0.25) is 0 Å². The summed E-state index contributed by atoms with van der Waals surface area (Å²) in [4.78, 5) is 16.8. The van der Waals surface area contributed by atoms with Crippen molar-refractivity contribution in [1.82, 2.24) is 4.98 Å². The number of carbonyl (C=O) groups excluding carboxylic acids is 1. The van der Waals surface area contributed by atoms with E-state index in [1.165, 1.54) is 6.07 Å². The molecule has 3 nitrogen and oxygen atoms in total.